The number of ether oxygens (including phenoxy) is 1. The van der Waals surface area contributed by atoms with E-state index in [1.165, 1.54) is 6.92 Å². The van der Waals surface area contributed by atoms with E-state index in [-0.39, 0.29) is 24.4 Å². The Bertz CT molecular complexity index is 1000. The van der Waals surface area contributed by atoms with Crippen LogP contribution in [-0.2, 0) is 20.7 Å². The zero-order valence-corrected chi connectivity index (χ0v) is 16.0. The molecule has 0 saturated heterocycles. The van der Waals surface area contributed by atoms with Gasteiger partial charge in [0.25, 0.3) is 0 Å². The van der Waals surface area contributed by atoms with Gasteiger partial charge < -0.3 is 14.5 Å². The van der Waals surface area contributed by atoms with Crippen molar-refractivity contribution in [1.29, 1.82) is 0 Å². The highest BCUT2D eigenvalue weighted by Crippen LogP contribution is 2.29. The van der Waals surface area contributed by atoms with E-state index < -0.39 is 12.1 Å². The molecule has 3 rings (SSSR count). The Morgan fingerprint density at radius 2 is 1.75 bits per heavy atom. The van der Waals surface area contributed by atoms with Gasteiger partial charge in [-0.3, -0.25) is 9.59 Å². The van der Waals surface area contributed by atoms with Crippen LogP contribution in [0.4, 0.5) is 0 Å². The first kappa shape index (κ1) is 19.5. The van der Waals surface area contributed by atoms with E-state index in [1.54, 1.807) is 30.5 Å². The fourth-order valence-electron chi connectivity index (χ4n) is 3.23. The first-order valence-electron chi connectivity index (χ1n) is 9.38. The third-order valence-electron chi connectivity index (χ3n) is 4.72. The molecule has 5 heteroatoms. The Balaban J connectivity index is 1.95. The molecule has 1 N–H and O–H groups in total. The van der Waals surface area contributed by atoms with Gasteiger partial charge in [-0.05, 0) is 18.9 Å². The Morgan fingerprint density at radius 1 is 1.00 bits per heavy atom. The number of nitrogens with one attached hydrogen (secondary N) is 1. The maximum absolute atomic E-state index is 13.3. The van der Waals surface area contributed by atoms with Gasteiger partial charge in [0.2, 0.25) is 5.78 Å². The zero-order chi connectivity index (χ0) is 20.1. The molecule has 0 spiro atoms. The van der Waals surface area contributed by atoms with Crippen molar-refractivity contribution in [3.63, 3.8) is 0 Å². The summed E-state index contributed by atoms with van der Waals surface area (Å²) in [7, 11) is 0. The van der Waals surface area contributed by atoms with Crippen LogP contribution >= 0.6 is 0 Å². The lowest BCUT2D eigenvalue weighted by atomic mass is 9.98. The fraction of sp³-hybridized carbons (Fsp3) is 0.261. The minimum absolute atomic E-state index is 0.0419. The second-order valence-corrected chi connectivity index (χ2v) is 6.74. The molecular formula is C23H23NO4. The van der Waals surface area contributed by atoms with Gasteiger partial charge in [-0.25, -0.2) is 0 Å². The number of carbonyl (C=O) groups is 3. The Morgan fingerprint density at radius 3 is 2.43 bits per heavy atom. The summed E-state index contributed by atoms with van der Waals surface area (Å²) in [4.78, 5) is 39.9. The molecule has 1 atom stereocenters. The minimum atomic E-state index is -1.05. The molecule has 28 heavy (non-hydrogen) atoms. The van der Waals surface area contributed by atoms with Crippen LogP contribution in [0.25, 0.3) is 10.9 Å². The van der Waals surface area contributed by atoms with Crippen LogP contribution in [0.15, 0.2) is 54.7 Å². The number of hydrogen-bond acceptors (Lipinski definition) is 4. The lowest BCUT2D eigenvalue weighted by Crippen LogP contribution is -2.20. The van der Waals surface area contributed by atoms with Gasteiger partial charge in [0, 0.05) is 34.6 Å². The number of aromatic nitrogens is 1. The van der Waals surface area contributed by atoms with E-state index in [0.29, 0.717) is 11.1 Å². The van der Waals surface area contributed by atoms with E-state index in [2.05, 4.69) is 11.9 Å². The predicted molar refractivity (Wildman–Crippen MR) is 107 cm³/mol. The van der Waals surface area contributed by atoms with Crippen molar-refractivity contribution in [2.75, 3.05) is 0 Å². The molecule has 2 aromatic carbocycles. The fourth-order valence-corrected chi connectivity index (χ4v) is 3.23. The molecule has 3 aromatic rings. The number of benzene rings is 2. The van der Waals surface area contributed by atoms with Gasteiger partial charge in [0.15, 0.2) is 6.10 Å². The summed E-state index contributed by atoms with van der Waals surface area (Å²) in [5.74, 6) is -0.948. The number of H-pyrrole nitrogens is 1. The largest absolute Gasteiger partial charge is 0.449 e. The normalized spacial score (nSPS) is 11.9. The highest BCUT2D eigenvalue weighted by Gasteiger charge is 2.28. The third-order valence-corrected chi connectivity index (χ3v) is 4.72. The Kier molecular flexibility index (Phi) is 6.04. The maximum atomic E-state index is 13.3. The number of hydrogen-bond donors (Lipinski definition) is 1. The van der Waals surface area contributed by atoms with Crippen molar-refractivity contribution in [2.45, 2.75) is 39.2 Å². The lowest BCUT2D eigenvalue weighted by Gasteiger charge is -2.17. The summed E-state index contributed by atoms with van der Waals surface area (Å²) in [6.45, 7) is 3.48. The van der Waals surface area contributed by atoms with Crippen LogP contribution in [-0.4, -0.2) is 22.5 Å². The first-order chi connectivity index (χ1) is 13.5. The quantitative estimate of drug-likeness (QED) is 0.461. The number of ketones is 2. The van der Waals surface area contributed by atoms with Crippen LogP contribution < -0.4 is 0 Å². The van der Waals surface area contributed by atoms with Gasteiger partial charge >= 0.3 is 5.97 Å². The van der Waals surface area contributed by atoms with E-state index in [9.17, 15) is 14.4 Å². The van der Waals surface area contributed by atoms with Crippen molar-refractivity contribution in [3.8, 4) is 0 Å². The summed E-state index contributed by atoms with van der Waals surface area (Å²) in [5, 5.41) is 0.810. The lowest BCUT2D eigenvalue weighted by molar-refractivity contribution is -0.148. The number of aromatic amines is 1. The molecule has 0 aliphatic rings. The van der Waals surface area contributed by atoms with Crippen LogP contribution in [0.3, 0.4) is 0 Å². The maximum Gasteiger partial charge on any atom is 0.307 e. The first-order valence-corrected chi connectivity index (χ1v) is 9.38. The molecule has 0 amide bonds. The average Bonchev–Trinajstić information content (AvgIpc) is 3.15. The molecule has 0 bridgehead atoms. The molecule has 0 fully saturated rings. The number of fused-ring (bicyclic) bond motifs is 1. The predicted octanol–water partition coefficient (Wildman–Crippen LogP) is 4.57. The second kappa shape index (κ2) is 8.65. The van der Waals surface area contributed by atoms with Crippen LogP contribution in [0.1, 0.15) is 54.3 Å². The highest BCUT2D eigenvalue weighted by molar-refractivity contribution is 6.11. The molecule has 0 aliphatic carbocycles. The van der Waals surface area contributed by atoms with Crippen LogP contribution in [0.5, 0.6) is 0 Å². The van der Waals surface area contributed by atoms with E-state index >= 15 is 0 Å². The second-order valence-electron chi connectivity index (χ2n) is 6.74. The van der Waals surface area contributed by atoms with Gasteiger partial charge in [-0.1, -0.05) is 55.5 Å². The van der Waals surface area contributed by atoms with Crippen molar-refractivity contribution in [3.05, 3.63) is 71.4 Å². The van der Waals surface area contributed by atoms with Crippen molar-refractivity contribution >= 4 is 28.4 Å². The Hall–Kier alpha value is -3.21. The van der Waals surface area contributed by atoms with Crippen LogP contribution in [0, 0.1) is 0 Å². The van der Waals surface area contributed by atoms with Gasteiger partial charge in [0.1, 0.15) is 5.78 Å². The van der Waals surface area contributed by atoms with E-state index in [4.69, 9.17) is 4.74 Å². The summed E-state index contributed by atoms with van der Waals surface area (Å²) in [6.07, 6.45) is 1.52. The topological polar surface area (TPSA) is 76.2 Å². The van der Waals surface area contributed by atoms with Crippen molar-refractivity contribution in [1.82, 2.24) is 4.98 Å². The SMILES string of the molecule is CCc1cccc2c(C(=O)[C@H](OC(=O)CCC(C)=O)c3ccccc3)c[nH]c12. The molecule has 1 heterocycles. The highest BCUT2D eigenvalue weighted by atomic mass is 16.5. The molecule has 0 radical (unpaired) electrons. The van der Waals surface area contributed by atoms with Crippen LogP contribution in [0.2, 0.25) is 0 Å². The van der Waals surface area contributed by atoms with E-state index in [1.807, 2.05) is 24.3 Å². The zero-order valence-electron chi connectivity index (χ0n) is 16.0. The molecule has 0 saturated carbocycles. The molecule has 1 aromatic heterocycles. The monoisotopic (exact) mass is 377 g/mol. The summed E-state index contributed by atoms with van der Waals surface area (Å²) in [6, 6.07) is 14.8. The third kappa shape index (κ3) is 4.19. The molecule has 144 valence electrons. The van der Waals surface area contributed by atoms with Gasteiger partial charge in [-0.2, -0.15) is 0 Å². The van der Waals surface area contributed by atoms with Crippen molar-refractivity contribution in [2.24, 2.45) is 0 Å². The summed E-state index contributed by atoms with van der Waals surface area (Å²) >= 11 is 0. The van der Waals surface area contributed by atoms with Crippen molar-refractivity contribution < 1.29 is 19.1 Å². The number of Topliss-reactive ketones (excluding diaryl/α,β-unsaturated/α-hetero) is 2. The molecule has 0 aliphatic heterocycles. The van der Waals surface area contributed by atoms with Gasteiger partial charge in [0.05, 0.1) is 6.42 Å². The number of aryl methyl sites for hydroxylation is 1. The molecule has 0 unspecified atom stereocenters. The summed E-state index contributed by atoms with van der Waals surface area (Å²) < 4.78 is 5.52. The average molecular weight is 377 g/mol. The summed E-state index contributed by atoms with van der Waals surface area (Å²) in [5.41, 5.74) is 3.12. The molecular weight excluding hydrogens is 354 g/mol. The minimum Gasteiger partial charge on any atom is -0.449 e. The number of esters is 1. The van der Waals surface area contributed by atoms with E-state index in [0.717, 1.165) is 22.9 Å². The van der Waals surface area contributed by atoms with Gasteiger partial charge in [-0.15, -0.1) is 0 Å². The number of rotatable bonds is 8. The number of carbonyl (C=O) groups excluding carboxylic acids is 3. The Labute approximate surface area is 163 Å². The smallest absolute Gasteiger partial charge is 0.307 e. The molecule has 5 nitrogen and oxygen atoms in total. The number of para-hydroxylation sites is 1. The standard InChI is InChI=1S/C23H23NO4/c1-3-16-10-7-11-18-19(14-24-21(16)18)22(27)23(17-8-5-4-6-9-17)28-20(26)13-12-15(2)25/h4-11,14,23-24H,3,12-13H2,1-2H3/t23-/m1/s1.